The summed E-state index contributed by atoms with van der Waals surface area (Å²) in [6, 6.07) is 2.16. The van der Waals surface area contributed by atoms with Crippen LogP contribution in [0.3, 0.4) is 0 Å². The average Bonchev–Trinajstić information content (AvgIpc) is 1.97. The van der Waals surface area contributed by atoms with Gasteiger partial charge in [0.1, 0.15) is 0 Å². The second-order valence-electron chi connectivity index (χ2n) is 3.85. The number of aliphatic hydroxyl groups is 1. The predicted molar refractivity (Wildman–Crippen MR) is 54.1 cm³/mol. The second-order valence-corrected chi connectivity index (χ2v) is 4.70. The molecule has 0 atom stereocenters. The molecule has 0 bridgehead atoms. The summed E-state index contributed by atoms with van der Waals surface area (Å²) < 4.78 is 26.1. The minimum absolute atomic E-state index is 0.269. The van der Waals surface area contributed by atoms with Gasteiger partial charge in [-0.25, -0.2) is 8.78 Å². The third-order valence-corrected chi connectivity index (χ3v) is 2.45. The summed E-state index contributed by atoms with van der Waals surface area (Å²) in [4.78, 5) is 0. The van der Waals surface area contributed by atoms with E-state index >= 15 is 0 Å². The molecule has 0 aliphatic carbocycles. The first kappa shape index (κ1) is 11.6. The molecule has 0 unspecified atom stereocenters. The summed E-state index contributed by atoms with van der Waals surface area (Å²) in [6.45, 7) is 3.22. The van der Waals surface area contributed by atoms with Crippen LogP contribution in [-0.4, -0.2) is 10.7 Å². The van der Waals surface area contributed by atoms with Crippen LogP contribution in [0.5, 0.6) is 0 Å². The Kier molecular flexibility index (Phi) is 3.27. The van der Waals surface area contributed by atoms with Gasteiger partial charge in [-0.2, -0.15) is 0 Å². The molecule has 1 nitrogen and oxygen atoms in total. The predicted octanol–water partition coefficient (Wildman–Crippen LogP) is 3.04. The van der Waals surface area contributed by atoms with E-state index in [1.807, 2.05) is 0 Å². The lowest BCUT2D eigenvalue weighted by Gasteiger charge is -2.18. The fraction of sp³-hybridized carbons (Fsp3) is 0.400. The summed E-state index contributed by atoms with van der Waals surface area (Å²) >= 11 is 3.12. The molecule has 0 aliphatic rings. The topological polar surface area (TPSA) is 20.2 Å². The highest BCUT2D eigenvalue weighted by Gasteiger charge is 2.17. The highest BCUT2D eigenvalue weighted by Crippen LogP contribution is 2.24. The van der Waals surface area contributed by atoms with E-state index in [-0.39, 0.29) is 6.42 Å². The van der Waals surface area contributed by atoms with Crippen molar-refractivity contribution >= 4 is 15.9 Å². The van der Waals surface area contributed by atoms with Crippen LogP contribution in [0, 0.1) is 11.6 Å². The monoisotopic (exact) mass is 264 g/mol. The first-order valence-corrected chi connectivity index (χ1v) is 4.95. The highest BCUT2D eigenvalue weighted by atomic mass is 79.9. The van der Waals surface area contributed by atoms with Crippen LogP contribution in [0.15, 0.2) is 16.6 Å². The molecule has 0 radical (unpaired) electrons. The molecule has 0 aromatic heterocycles. The van der Waals surface area contributed by atoms with Gasteiger partial charge in [0.05, 0.1) is 5.60 Å². The minimum Gasteiger partial charge on any atom is -0.390 e. The summed E-state index contributed by atoms with van der Waals surface area (Å²) in [7, 11) is 0. The summed E-state index contributed by atoms with van der Waals surface area (Å²) in [5.74, 6) is -1.79. The quantitative estimate of drug-likeness (QED) is 0.815. The van der Waals surface area contributed by atoms with E-state index in [2.05, 4.69) is 15.9 Å². The maximum absolute atomic E-state index is 12.9. The van der Waals surface area contributed by atoms with Crippen molar-refractivity contribution in [2.45, 2.75) is 25.9 Å². The summed E-state index contributed by atoms with van der Waals surface area (Å²) in [5.41, 5.74) is -0.385. The van der Waals surface area contributed by atoms with Gasteiger partial charge in [-0.05, 0) is 31.5 Å². The number of halogens is 3. The number of hydrogen-bond donors (Lipinski definition) is 1. The van der Waals surface area contributed by atoms with Gasteiger partial charge in [-0.15, -0.1) is 0 Å². The van der Waals surface area contributed by atoms with Crippen LogP contribution >= 0.6 is 15.9 Å². The van der Waals surface area contributed by atoms with Gasteiger partial charge in [0.2, 0.25) is 0 Å². The zero-order valence-corrected chi connectivity index (χ0v) is 9.53. The maximum atomic E-state index is 12.9. The molecule has 0 heterocycles. The minimum atomic E-state index is -0.938. The van der Waals surface area contributed by atoms with Crippen molar-refractivity contribution in [2.24, 2.45) is 0 Å². The second kappa shape index (κ2) is 3.95. The van der Waals surface area contributed by atoms with Crippen molar-refractivity contribution in [3.05, 3.63) is 33.8 Å². The fourth-order valence-corrected chi connectivity index (χ4v) is 1.62. The molecular formula is C10H11BrF2O. The third kappa shape index (κ3) is 3.03. The number of hydrogen-bond acceptors (Lipinski definition) is 1. The Labute approximate surface area is 89.9 Å². The highest BCUT2D eigenvalue weighted by molar-refractivity contribution is 9.10. The van der Waals surface area contributed by atoms with Crippen LogP contribution in [0.2, 0.25) is 0 Å². The standard InChI is InChI=1S/C10H11BrF2O/c1-10(2,14)5-6-3-8(12)9(13)4-7(6)11/h3-4,14H,5H2,1-2H3. The molecule has 0 fully saturated rings. The Morgan fingerprint density at radius 2 is 1.79 bits per heavy atom. The first-order chi connectivity index (χ1) is 6.29. The smallest absolute Gasteiger partial charge is 0.159 e. The molecular weight excluding hydrogens is 254 g/mol. The Hall–Kier alpha value is -0.480. The van der Waals surface area contributed by atoms with Gasteiger partial charge in [-0.3, -0.25) is 0 Å². The van der Waals surface area contributed by atoms with Crippen molar-refractivity contribution in [3.63, 3.8) is 0 Å². The van der Waals surface area contributed by atoms with E-state index in [1.165, 1.54) is 0 Å². The van der Waals surface area contributed by atoms with Crippen LogP contribution in [0.25, 0.3) is 0 Å². The summed E-state index contributed by atoms with van der Waals surface area (Å²) in [5, 5.41) is 9.52. The Bertz CT molecular complexity index is 345. The van der Waals surface area contributed by atoms with Crippen LogP contribution in [0.1, 0.15) is 19.4 Å². The lowest BCUT2D eigenvalue weighted by Crippen LogP contribution is -2.22. The van der Waals surface area contributed by atoms with Crippen molar-refractivity contribution in [3.8, 4) is 0 Å². The van der Waals surface area contributed by atoms with Crippen molar-refractivity contribution in [2.75, 3.05) is 0 Å². The molecule has 78 valence electrons. The number of rotatable bonds is 2. The normalized spacial score (nSPS) is 11.9. The van der Waals surface area contributed by atoms with Crippen LogP contribution < -0.4 is 0 Å². The largest absolute Gasteiger partial charge is 0.390 e. The lowest BCUT2D eigenvalue weighted by atomic mass is 9.99. The Morgan fingerprint density at radius 1 is 1.29 bits per heavy atom. The number of benzene rings is 1. The molecule has 0 saturated heterocycles. The van der Waals surface area contributed by atoms with E-state index in [9.17, 15) is 13.9 Å². The van der Waals surface area contributed by atoms with Gasteiger partial charge >= 0.3 is 0 Å². The third-order valence-electron chi connectivity index (χ3n) is 1.71. The maximum Gasteiger partial charge on any atom is 0.159 e. The molecule has 1 aromatic rings. The lowest BCUT2D eigenvalue weighted by molar-refractivity contribution is 0.0807. The van der Waals surface area contributed by atoms with Gasteiger partial charge in [0, 0.05) is 10.9 Å². The molecule has 14 heavy (non-hydrogen) atoms. The zero-order chi connectivity index (χ0) is 10.9. The molecule has 0 saturated carbocycles. The average molecular weight is 265 g/mol. The fourth-order valence-electron chi connectivity index (χ4n) is 1.17. The molecule has 1 rings (SSSR count). The molecule has 0 spiro atoms. The molecule has 1 N–H and O–H groups in total. The van der Waals surface area contributed by atoms with E-state index in [4.69, 9.17) is 0 Å². The van der Waals surface area contributed by atoms with Gasteiger partial charge in [0.15, 0.2) is 11.6 Å². The van der Waals surface area contributed by atoms with E-state index in [1.54, 1.807) is 13.8 Å². The van der Waals surface area contributed by atoms with Crippen molar-refractivity contribution < 1.29 is 13.9 Å². The van der Waals surface area contributed by atoms with Gasteiger partial charge in [-0.1, -0.05) is 15.9 Å². The Balaban J connectivity index is 3.04. The van der Waals surface area contributed by atoms with E-state index in [0.29, 0.717) is 10.0 Å². The SMILES string of the molecule is CC(C)(O)Cc1cc(F)c(F)cc1Br. The van der Waals surface area contributed by atoms with Crippen molar-refractivity contribution in [1.29, 1.82) is 0 Å². The first-order valence-electron chi connectivity index (χ1n) is 4.15. The molecule has 0 amide bonds. The van der Waals surface area contributed by atoms with Crippen LogP contribution in [-0.2, 0) is 6.42 Å². The van der Waals surface area contributed by atoms with Gasteiger partial charge < -0.3 is 5.11 Å². The molecule has 1 aromatic carbocycles. The van der Waals surface area contributed by atoms with Crippen LogP contribution in [0.4, 0.5) is 8.78 Å². The van der Waals surface area contributed by atoms with Crippen molar-refractivity contribution in [1.82, 2.24) is 0 Å². The van der Waals surface area contributed by atoms with Gasteiger partial charge in [0.25, 0.3) is 0 Å². The van der Waals surface area contributed by atoms with E-state index in [0.717, 1.165) is 12.1 Å². The summed E-state index contributed by atoms with van der Waals surface area (Å²) in [6.07, 6.45) is 0.269. The Morgan fingerprint density at radius 3 is 2.29 bits per heavy atom. The van der Waals surface area contributed by atoms with E-state index < -0.39 is 17.2 Å². The molecule has 0 aliphatic heterocycles. The zero-order valence-electron chi connectivity index (χ0n) is 7.94. The molecule has 4 heteroatoms.